The maximum absolute atomic E-state index is 12.5. The van der Waals surface area contributed by atoms with Crippen molar-refractivity contribution in [2.45, 2.75) is 33.3 Å². The lowest BCUT2D eigenvalue weighted by atomic mass is 10.2. The first-order valence-corrected chi connectivity index (χ1v) is 7.78. The molecule has 134 valence electrons. The van der Waals surface area contributed by atoms with Crippen LogP contribution in [-0.4, -0.2) is 39.4 Å². The van der Waals surface area contributed by atoms with E-state index in [9.17, 15) is 9.59 Å². The molecule has 3 N–H and O–H groups in total. The van der Waals surface area contributed by atoms with E-state index in [-0.39, 0.29) is 5.69 Å². The Morgan fingerprint density at radius 2 is 1.84 bits per heavy atom. The fourth-order valence-corrected chi connectivity index (χ4v) is 2.07. The van der Waals surface area contributed by atoms with Gasteiger partial charge in [0.1, 0.15) is 11.4 Å². The van der Waals surface area contributed by atoms with Gasteiger partial charge in [-0.05, 0) is 39.8 Å². The summed E-state index contributed by atoms with van der Waals surface area (Å²) >= 11 is 0. The molecule has 2 rings (SSSR count). The first-order chi connectivity index (χ1) is 11.6. The monoisotopic (exact) mass is 345 g/mol. The molecule has 0 fully saturated rings. The van der Waals surface area contributed by atoms with Crippen LogP contribution in [0.5, 0.6) is 0 Å². The predicted octanol–water partition coefficient (Wildman–Crippen LogP) is 2.27. The summed E-state index contributed by atoms with van der Waals surface area (Å²) < 4.78 is 6.67. The molecule has 0 saturated heterocycles. The Kier molecular flexibility index (Phi) is 5.01. The van der Waals surface area contributed by atoms with Crippen molar-refractivity contribution >= 4 is 17.8 Å². The Morgan fingerprint density at radius 3 is 2.40 bits per heavy atom. The molecule has 0 bridgehead atoms. The maximum Gasteiger partial charge on any atom is 0.428 e. The van der Waals surface area contributed by atoms with Gasteiger partial charge in [0.2, 0.25) is 0 Å². The lowest BCUT2D eigenvalue weighted by molar-refractivity contribution is 0.0194. The molecule has 0 aliphatic heterocycles. The average Bonchev–Trinajstić information content (AvgIpc) is 2.82. The minimum Gasteiger partial charge on any atom is -0.442 e. The molecule has 0 spiro atoms. The van der Waals surface area contributed by atoms with E-state index in [0.717, 1.165) is 10.7 Å². The topological polar surface area (TPSA) is 102 Å². The van der Waals surface area contributed by atoms with Crippen molar-refractivity contribution in [2.24, 2.45) is 0 Å². The van der Waals surface area contributed by atoms with Crippen molar-refractivity contribution in [3.8, 4) is 5.69 Å². The average molecular weight is 345 g/mol. The number of para-hydroxylation sites is 1. The zero-order chi connectivity index (χ0) is 18.8. The molecular weight excluding hydrogens is 322 g/mol. The van der Waals surface area contributed by atoms with Crippen LogP contribution in [0.2, 0.25) is 0 Å². The number of nitrogens with zero attached hydrogens (tertiary/aromatic N) is 3. The SMILES string of the molecule is Cc1c(C(=O)NN(C)C(=O)OC(C)(C)C)nn(-c2ccccc2)c1N. The third kappa shape index (κ3) is 4.28. The van der Waals surface area contributed by atoms with Gasteiger partial charge < -0.3 is 10.5 Å². The predicted molar refractivity (Wildman–Crippen MR) is 94.2 cm³/mol. The van der Waals surface area contributed by atoms with E-state index in [1.807, 2.05) is 30.3 Å². The van der Waals surface area contributed by atoms with Crippen molar-refractivity contribution < 1.29 is 14.3 Å². The lowest BCUT2D eigenvalue weighted by Gasteiger charge is -2.24. The van der Waals surface area contributed by atoms with Gasteiger partial charge in [0.25, 0.3) is 5.91 Å². The molecule has 1 heterocycles. The van der Waals surface area contributed by atoms with E-state index in [2.05, 4.69) is 10.5 Å². The van der Waals surface area contributed by atoms with Gasteiger partial charge in [-0.1, -0.05) is 18.2 Å². The molecule has 8 heteroatoms. The summed E-state index contributed by atoms with van der Waals surface area (Å²) in [6, 6.07) is 9.23. The molecular formula is C17H23N5O3. The van der Waals surface area contributed by atoms with Gasteiger partial charge in [0.15, 0.2) is 5.69 Å². The molecule has 2 aromatic rings. The number of anilines is 1. The molecule has 0 aliphatic carbocycles. The van der Waals surface area contributed by atoms with Crippen LogP contribution >= 0.6 is 0 Å². The maximum atomic E-state index is 12.5. The lowest BCUT2D eigenvalue weighted by Crippen LogP contribution is -2.46. The van der Waals surface area contributed by atoms with E-state index in [4.69, 9.17) is 10.5 Å². The molecule has 0 atom stereocenters. The van der Waals surface area contributed by atoms with Gasteiger partial charge in [-0.3, -0.25) is 10.2 Å². The summed E-state index contributed by atoms with van der Waals surface area (Å²) in [5.74, 6) is -0.191. The van der Waals surface area contributed by atoms with Crippen LogP contribution in [0.4, 0.5) is 10.6 Å². The number of ether oxygens (including phenoxy) is 1. The van der Waals surface area contributed by atoms with E-state index < -0.39 is 17.6 Å². The number of nitrogen functional groups attached to an aromatic ring is 1. The fourth-order valence-electron chi connectivity index (χ4n) is 2.07. The normalized spacial score (nSPS) is 11.1. The highest BCUT2D eigenvalue weighted by Gasteiger charge is 2.24. The van der Waals surface area contributed by atoms with Crippen LogP contribution in [0.15, 0.2) is 30.3 Å². The number of carbonyl (C=O) groups excluding carboxylic acids is 2. The van der Waals surface area contributed by atoms with Crippen LogP contribution in [0, 0.1) is 6.92 Å². The van der Waals surface area contributed by atoms with E-state index in [1.54, 1.807) is 27.7 Å². The second kappa shape index (κ2) is 6.84. The molecule has 2 amide bonds. The molecule has 1 aromatic heterocycles. The number of amides is 2. The summed E-state index contributed by atoms with van der Waals surface area (Å²) in [7, 11) is 1.40. The van der Waals surface area contributed by atoms with Crippen LogP contribution in [-0.2, 0) is 4.74 Å². The summed E-state index contributed by atoms with van der Waals surface area (Å²) in [6.07, 6.45) is -0.672. The van der Waals surface area contributed by atoms with Crippen molar-refractivity contribution in [3.05, 3.63) is 41.6 Å². The van der Waals surface area contributed by atoms with Gasteiger partial charge in [0, 0.05) is 12.6 Å². The smallest absolute Gasteiger partial charge is 0.428 e. The first-order valence-electron chi connectivity index (χ1n) is 7.78. The number of hydrogen-bond donors (Lipinski definition) is 2. The molecule has 0 radical (unpaired) electrons. The van der Waals surface area contributed by atoms with Crippen molar-refractivity contribution in [3.63, 3.8) is 0 Å². The number of benzene rings is 1. The fraction of sp³-hybridized carbons (Fsp3) is 0.353. The van der Waals surface area contributed by atoms with Gasteiger partial charge in [-0.15, -0.1) is 0 Å². The van der Waals surface area contributed by atoms with Crippen LogP contribution in [0.1, 0.15) is 36.8 Å². The zero-order valence-electron chi connectivity index (χ0n) is 15.0. The van der Waals surface area contributed by atoms with E-state index >= 15 is 0 Å². The number of rotatable bonds is 2. The van der Waals surface area contributed by atoms with Crippen molar-refractivity contribution in [1.82, 2.24) is 20.2 Å². The zero-order valence-corrected chi connectivity index (χ0v) is 15.0. The molecule has 0 saturated carbocycles. The third-order valence-electron chi connectivity index (χ3n) is 3.32. The quantitative estimate of drug-likeness (QED) is 0.813. The minimum absolute atomic E-state index is 0.136. The van der Waals surface area contributed by atoms with Gasteiger partial charge in [-0.2, -0.15) is 5.10 Å². The standard InChI is InChI=1S/C17H23N5O3/c1-11-13(15(23)20-21(5)16(24)25-17(2,3)4)19-22(14(11)18)12-9-7-6-8-10-12/h6-10H,18H2,1-5H3,(H,20,23). The Labute approximate surface area is 146 Å². The van der Waals surface area contributed by atoms with E-state index in [0.29, 0.717) is 11.4 Å². The number of hydrazine groups is 1. The summed E-state index contributed by atoms with van der Waals surface area (Å²) in [4.78, 5) is 24.4. The summed E-state index contributed by atoms with van der Waals surface area (Å²) in [5, 5.41) is 5.24. The highest BCUT2D eigenvalue weighted by Crippen LogP contribution is 2.20. The molecule has 8 nitrogen and oxygen atoms in total. The Balaban J connectivity index is 2.19. The number of hydrogen-bond acceptors (Lipinski definition) is 5. The molecule has 0 unspecified atom stereocenters. The molecule has 0 aliphatic rings. The molecule has 1 aromatic carbocycles. The highest BCUT2D eigenvalue weighted by atomic mass is 16.6. The largest absolute Gasteiger partial charge is 0.442 e. The Bertz CT molecular complexity index is 778. The summed E-state index contributed by atoms with van der Waals surface area (Å²) in [6.45, 7) is 6.93. The Morgan fingerprint density at radius 1 is 1.24 bits per heavy atom. The van der Waals surface area contributed by atoms with Crippen LogP contribution in [0.3, 0.4) is 0 Å². The third-order valence-corrected chi connectivity index (χ3v) is 3.32. The Hall–Kier alpha value is -3.03. The second-order valence-electron chi connectivity index (χ2n) is 6.59. The second-order valence-corrected chi connectivity index (χ2v) is 6.59. The van der Waals surface area contributed by atoms with Crippen molar-refractivity contribution in [1.29, 1.82) is 0 Å². The van der Waals surface area contributed by atoms with Gasteiger partial charge in [0.05, 0.1) is 5.69 Å². The highest BCUT2D eigenvalue weighted by molar-refractivity contribution is 5.95. The number of carbonyl (C=O) groups is 2. The number of nitrogens with one attached hydrogen (secondary N) is 1. The minimum atomic E-state index is -0.672. The molecule has 25 heavy (non-hydrogen) atoms. The first kappa shape index (κ1) is 18.3. The van der Waals surface area contributed by atoms with Gasteiger partial charge in [-0.25, -0.2) is 14.5 Å². The van der Waals surface area contributed by atoms with Crippen LogP contribution < -0.4 is 11.2 Å². The number of aromatic nitrogens is 2. The number of nitrogens with two attached hydrogens (primary N) is 1. The van der Waals surface area contributed by atoms with Gasteiger partial charge >= 0.3 is 6.09 Å². The van der Waals surface area contributed by atoms with E-state index in [1.165, 1.54) is 11.7 Å². The van der Waals surface area contributed by atoms with Crippen LogP contribution in [0.25, 0.3) is 5.69 Å². The summed E-state index contributed by atoms with van der Waals surface area (Å²) in [5.41, 5.74) is 9.24. The van der Waals surface area contributed by atoms with Crippen molar-refractivity contribution in [2.75, 3.05) is 12.8 Å².